The van der Waals surface area contributed by atoms with Gasteiger partial charge in [0.2, 0.25) is 0 Å². The molecule has 1 aromatic carbocycles. The Balaban J connectivity index is 2.02. The van der Waals surface area contributed by atoms with Crippen molar-refractivity contribution < 1.29 is 4.39 Å². The minimum Gasteiger partial charge on any atom is -0.313 e. The summed E-state index contributed by atoms with van der Waals surface area (Å²) >= 11 is 0. The van der Waals surface area contributed by atoms with E-state index in [-0.39, 0.29) is 5.82 Å². The van der Waals surface area contributed by atoms with E-state index in [9.17, 15) is 4.39 Å². The third kappa shape index (κ3) is 2.21. The first-order valence-corrected chi connectivity index (χ1v) is 6.32. The minimum atomic E-state index is -0.214. The largest absolute Gasteiger partial charge is 0.313 e. The van der Waals surface area contributed by atoms with Crippen LogP contribution < -0.4 is 0 Å². The van der Waals surface area contributed by atoms with Crippen LogP contribution in [0.15, 0.2) is 42.6 Å². The maximum absolute atomic E-state index is 12.9. The molecule has 4 heteroatoms. The SMILES string of the molecule is CCn1c(Cc2ccc(F)cc2)nc2cccnc21. The van der Waals surface area contributed by atoms with Gasteiger partial charge in [-0.1, -0.05) is 12.1 Å². The van der Waals surface area contributed by atoms with E-state index in [0.717, 1.165) is 29.1 Å². The molecule has 96 valence electrons. The lowest BCUT2D eigenvalue weighted by Gasteiger charge is -2.05. The van der Waals surface area contributed by atoms with E-state index in [0.29, 0.717) is 6.42 Å². The second-order valence-corrected chi connectivity index (χ2v) is 4.42. The van der Waals surface area contributed by atoms with E-state index in [1.807, 2.05) is 12.1 Å². The second-order valence-electron chi connectivity index (χ2n) is 4.42. The number of imidazole rings is 1. The summed E-state index contributed by atoms with van der Waals surface area (Å²) in [5.74, 6) is 0.747. The van der Waals surface area contributed by atoms with E-state index < -0.39 is 0 Å². The predicted octanol–water partition coefficient (Wildman–Crippen LogP) is 3.18. The third-order valence-corrected chi connectivity index (χ3v) is 3.17. The van der Waals surface area contributed by atoms with Crippen LogP contribution in [-0.2, 0) is 13.0 Å². The molecule has 0 aliphatic carbocycles. The molecule has 0 saturated carbocycles. The number of halogens is 1. The molecule has 0 saturated heterocycles. The van der Waals surface area contributed by atoms with Crippen LogP contribution in [0, 0.1) is 5.82 Å². The van der Waals surface area contributed by atoms with Crippen molar-refractivity contribution in [3.05, 3.63) is 59.8 Å². The standard InChI is InChI=1S/C15H14FN3/c1-2-19-14(10-11-5-7-12(16)8-6-11)18-13-4-3-9-17-15(13)19/h3-9H,2,10H2,1H3. The lowest BCUT2D eigenvalue weighted by atomic mass is 10.1. The first-order chi connectivity index (χ1) is 9.28. The van der Waals surface area contributed by atoms with Crippen LogP contribution in [-0.4, -0.2) is 14.5 Å². The molecule has 2 aromatic heterocycles. The molecule has 3 rings (SSSR count). The molecule has 0 aliphatic heterocycles. The zero-order chi connectivity index (χ0) is 13.2. The van der Waals surface area contributed by atoms with Crippen LogP contribution in [0.2, 0.25) is 0 Å². The molecule has 0 fully saturated rings. The Morgan fingerprint density at radius 1 is 1.16 bits per heavy atom. The van der Waals surface area contributed by atoms with Crippen LogP contribution in [0.1, 0.15) is 18.3 Å². The Labute approximate surface area is 110 Å². The van der Waals surface area contributed by atoms with E-state index in [1.54, 1.807) is 18.3 Å². The molecule has 2 heterocycles. The Kier molecular flexibility index (Phi) is 2.99. The predicted molar refractivity (Wildman–Crippen MR) is 72.4 cm³/mol. The Hall–Kier alpha value is -2.23. The molecule has 0 amide bonds. The summed E-state index contributed by atoms with van der Waals surface area (Å²) in [6.07, 6.45) is 2.46. The topological polar surface area (TPSA) is 30.7 Å². The Bertz CT molecular complexity index is 701. The minimum absolute atomic E-state index is 0.214. The summed E-state index contributed by atoms with van der Waals surface area (Å²) in [5, 5.41) is 0. The van der Waals surface area contributed by atoms with Crippen molar-refractivity contribution in [1.82, 2.24) is 14.5 Å². The van der Waals surface area contributed by atoms with Crippen molar-refractivity contribution in [2.45, 2.75) is 19.9 Å². The summed E-state index contributed by atoms with van der Waals surface area (Å²) in [6.45, 7) is 2.90. The van der Waals surface area contributed by atoms with Gasteiger partial charge < -0.3 is 4.57 Å². The zero-order valence-electron chi connectivity index (χ0n) is 10.7. The molecule has 0 bridgehead atoms. The number of rotatable bonds is 3. The highest BCUT2D eigenvalue weighted by molar-refractivity contribution is 5.71. The van der Waals surface area contributed by atoms with E-state index >= 15 is 0 Å². The highest BCUT2D eigenvalue weighted by Gasteiger charge is 2.10. The van der Waals surface area contributed by atoms with Crippen LogP contribution in [0.3, 0.4) is 0 Å². The zero-order valence-corrected chi connectivity index (χ0v) is 10.7. The number of pyridine rings is 1. The molecule has 0 N–H and O–H groups in total. The first-order valence-electron chi connectivity index (χ1n) is 6.32. The van der Waals surface area contributed by atoms with Gasteiger partial charge in [-0.3, -0.25) is 0 Å². The molecule has 3 aromatic rings. The van der Waals surface area contributed by atoms with Crippen molar-refractivity contribution in [3.8, 4) is 0 Å². The van der Waals surface area contributed by atoms with Crippen LogP contribution in [0.5, 0.6) is 0 Å². The molecular weight excluding hydrogens is 241 g/mol. The van der Waals surface area contributed by atoms with Gasteiger partial charge in [-0.05, 0) is 36.8 Å². The number of aromatic nitrogens is 3. The molecule has 0 unspecified atom stereocenters. The van der Waals surface area contributed by atoms with Gasteiger partial charge in [0.15, 0.2) is 5.65 Å². The highest BCUT2D eigenvalue weighted by Crippen LogP contribution is 2.16. The summed E-state index contributed by atoms with van der Waals surface area (Å²) in [7, 11) is 0. The molecular formula is C15H14FN3. The quantitative estimate of drug-likeness (QED) is 0.719. The van der Waals surface area contributed by atoms with Gasteiger partial charge in [0.1, 0.15) is 17.2 Å². The van der Waals surface area contributed by atoms with Gasteiger partial charge in [-0.15, -0.1) is 0 Å². The third-order valence-electron chi connectivity index (χ3n) is 3.17. The van der Waals surface area contributed by atoms with Crippen molar-refractivity contribution >= 4 is 11.2 Å². The maximum atomic E-state index is 12.9. The summed E-state index contributed by atoms with van der Waals surface area (Å²) < 4.78 is 15.0. The molecule has 0 aliphatic rings. The van der Waals surface area contributed by atoms with E-state index in [1.165, 1.54) is 12.1 Å². The lowest BCUT2D eigenvalue weighted by Crippen LogP contribution is -2.03. The highest BCUT2D eigenvalue weighted by atomic mass is 19.1. The van der Waals surface area contributed by atoms with Gasteiger partial charge in [-0.25, -0.2) is 14.4 Å². The van der Waals surface area contributed by atoms with Gasteiger partial charge in [0.05, 0.1) is 0 Å². The lowest BCUT2D eigenvalue weighted by molar-refractivity contribution is 0.627. The molecule has 0 radical (unpaired) electrons. The molecule has 19 heavy (non-hydrogen) atoms. The van der Waals surface area contributed by atoms with Gasteiger partial charge in [0.25, 0.3) is 0 Å². The average molecular weight is 255 g/mol. The number of fused-ring (bicyclic) bond motifs is 1. The van der Waals surface area contributed by atoms with Crippen LogP contribution in [0.25, 0.3) is 11.2 Å². The Morgan fingerprint density at radius 2 is 1.95 bits per heavy atom. The fourth-order valence-electron chi connectivity index (χ4n) is 2.26. The monoisotopic (exact) mass is 255 g/mol. The van der Waals surface area contributed by atoms with Gasteiger partial charge in [0, 0.05) is 19.2 Å². The fraction of sp³-hybridized carbons (Fsp3) is 0.200. The number of benzene rings is 1. The van der Waals surface area contributed by atoms with Crippen molar-refractivity contribution in [2.24, 2.45) is 0 Å². The van der Waals surface area contributed by atoms with Gasteiger partial charge in [-0.2, -0.15) is 0 Å². The summed E-state index contributed by atoms with van der Waals surface area (Å²) in [4.78, 5) is 8.98. The van der Waals surface area contributed by atoms with Crippen molar-refractivity contribution in [1.29, 1.82) is 0 Å². The number of aryl methyl sites for hydroxylation is 1. The molecule has 0 atom stereocenters. The second kappa shape index (κ2) is 4.80. The van der Waals surface area contributed by atoms with Crippen LogP contribution in [0.4, 0.5) is 4.39 Å². The normalized spacial score (nSPS) is 11.1. The molecule has 3 nitrogen and oxygen atoms in total. The van der Waals surface area contributed by atoms with Crippen molar-refractivity contribution in [3.63, 3.8) is 0 Å². The summed E-state index contributed by atoms with van der Waals surface area (Å²) in [6, 6.07) is 10.4. The molecule has 0 spiro atoms. The maximum Gasteiger partial charge on any atom is 0.159 e. The number of nitrogens with zero attached hydrogens (tertiary/aromatic N) is 3. The van der Waals surface area contributed by atoms with Gasteiger partial charge >= 0.3 is 0 Å². The smallest absolute Gasteiger partial charge is 0.159 e. The Morgan fingerprint density at radius 3 is 2.68 bits per heavy atom. The van der Waals surface area contributed by atoms with E-state index in [4.69, 9.17) is 0 Å². The number of hydrogen-bond donors (Lipinski definition) is 0. The van der Waals surface area contributed by atoms with E-state index in [2.05, 4.69) is 21.5 Å². The summed E-state index contributed by atoms with van der Waals surface area (Å²) in [5.41, 5.74) is 2.86. The number of hydrogen-bond acceptors (Lipinski definition) is 2. The first kappa shape index (κ1) is 11.8. The van der Waals surface area contributed by atoms with Crippen LogP contribution >= 0.6 is 0 Å². The average Bonchev–Trinajstić information content (AvgIpc) is 2.78. The fourth-order valence-corrected chi connectivity index (χ4v) is 2.26. The van der Waals surface area contributed by atoms with Crippen molar-refractivity contribution in [2.75, 3.05) is 0 Å².